The van der Waals surface area contributed by atoms with Gasteiger partial charge in [0, 0.05) is 0 Å². The predicted octanol–water partition coefficient (Wildman–Crippen LogP) is 3.26. The maximum atomic E-state index is 12.0. The summed E-state index contributed by atoms with van der Waals surface area (Å²) in [5.74, 6) is 0. The third kappa shape index (κ3) is 4.25. The Balaban J connectivity index is 2.73. The molecule has 1 aromatic rings. The molecule has 0 amide bonds. The smallest absolute Gasteiger partial charge is 0.287 e. The Kier molecular flexibility index (Phi) is 6.03. The van der Waals surface area contributed by atoms with Crippen molar-refractivity contribution in [1.29, 1.82) is 5.26 Å². The summed E-state index contributed by atoms with van der Waals surface area (Å²) in [6.07, 6.45) is 0. The second-order valence-electron chi connectivity index (χ2n) is 3.33. The van der Waals surface area contributed by atoms with E-state index in [4.69, 9.17) is 18.8 Å². The fourth-order valence-corrected chi connectivity index (χ4v) is 2.49. The predicted molar refractivity (Wildman–Crippen MR) is 66.8 cm³/mol. The Bertz CT molecular complexity index is 459. The van der Waals surface area contributed by atoms with Crippen LogP contribution in [0.5, 0.6) is 0 Å². The maximum Gasteiger partial charge on any atom is 0.475 e. The molecule has 0 aliphatic rings. The molecule has 1 aromatic carbocycles. The molecule has 1 rings (SSSR count). The van der Waals surface area contributed by atoms with Crippen molar-refractivity contribution in [1.82, 2.24) is 0 Å². The van der Waals surface area contributed by atoms with Crippen LogP contribution < -0.4 is 0 Å². The van der Waals surface area contributed by atoms with E-state index in [0.29, 0.717) is 11.1 Å². The first-order chi connectivity index (χ1) is 8.65. The van der Waals surface area contributed by atoms with Crippen molar-refractivity contribution >= 4 is 7.82 Å². The average molecular weight is 269 g/mol. The van der Waals surface area contributed by atoms with Gasteiger partial charge in [0.05, 0.1) is 31.5 Å². The minimum Gasteiger partial charge on any atom is -0.287 e. The summed E-state index contributed by atoms with van der Waals surface area (Å²) in [4.78, 5) is 0. The van der Waals surface area contributed by atoms with E-state index >= 15 is 0 Å². The maximum absolute atomic E-state index is 12.0. The van der Waals surface area contributed by atoms with Gasteiger partial charge in [0.1, 0.15) is 0 Å². The molecule has 18 heavy (non-hydrogen) atoms. The average Bonchev–Trinajstić information content (AvgIpc) is 2.37. The zero-order valence-corrected chi connectivity index (χ0v) is 11.4. The number of benzene rings is 1. The van der Waals surface area contributed by atoms with Crippen LogP contribution in [0.25, 0.3) is 0 Å². The first-order valence-corrected chi connectivity index (χ1v) is 7.13. The van der Waals surface area contributed by atoms with Gasteiger partial charge in [-0.15, -0.1) is 0 Å². The lowest BCUT2D eigenvalue weighted by molar-refractivity contribution is 0.116. The van der Waals surface area contributed by atoms with Crippen LogP contribution >= 0.6 is 7.82 Å². The molecule has 0 saturated carbocycles. The molecule has 0 unspecified atom stereocenters. The summed E-state index contributed by atoms with van der Waals surface area (Å²) in [7, 11) is -3.52. The van der Waals surface area contributed by atoms with Crippen molar-refractivity contribution < 1.29 is 18.1 Å². The minimum atomic E-state index is -3.52. The van der Waals surface area contributed by atoms with Crippen LogP contribution in [0.3, 0.4) is 0 Å². The Morgan fingerprint density at radius 1 is 1.17 bits per heavy atom. The zero-order valence-electron chi connectivity index (χ0n) is 10.5. The molecule has 0 fully saturated rings. The second-order valence-corrected chi connectivity index (χ2v) is 4.99. The van der Waals surface area contributed by atoms with E-state index in [-0.39, 0.29) is 19.8 Å². The molecule has 0 spiro atoms. The van der Waals surface area contributed by atoms with Crippen LogP contribution in [0.1, 0.15) is 25.0 Å². The molecule has 6 heteroatoms. The van der Waals surface area contributed by atoms with Crippen LogP contribution in [-0.2, 0) is 24.7 Å². The van der Waals surface area contributed by atoms with Gasteiger partial charge < -0.3 is 0 Å². The summed E-state index contributed by atoms with van der Waals surface area (Å²) in [5.41, 5.74) is 1.14. The minimum absolute atomic E-state index is 0.0149. The van der Waals surface area contributed by atoms with Gasteiger partial charge in [-0.25, -0.2) is 4.57 Å². The molecule has 98 valence electrons. The van der Waals surface area contributed by atoms with Crippen LogP contribution in [0.4, 0.5) is 0 Å². The third-order valence-electron chi connectivity index (χ3n) is 2.09. The van der Waals surface area contributed by atoms with Crippen molar-refractivity contribution in [3.8, 4) is 6.07 Å². The molecule has 0 bridgehead atoms. The molecular formula is C12H16NO4P. The van der Waals surface area contributed by atoms with Crippen molar-refractivity contribution in [2.75, 3.05) is 13.2 Å². The van der Waals surface area contributed by atoms with E-state index in [9.17, 15) is 4.57 Å². The monoisotopic (exact) mass is 269 g/mol. The summed E-state index contributed by atoms with van der Waals surface area (Å²) in [5, 5.41) is 8.92. The first-order valence-electron chi connectivity index (χ1n) is 5.67. The van der Waals surface area contributed by atoms with Crippen molar-refractivity contribution in [2.24, 2.45) is 0 Å². The standard InChI is InChI=1S/C12H16NO4P/c1-3-15-18(14,16-4-2)17-10-12-8-6-5-7-11(12)9-13/h5-8H,3-4,10H2,1-2H3. The highest BCUT2D eigenvalue weighted by Crippen LogP contribution is 2.49. The largest absolute Gasteiger partial charge is 0.475 e. The van der Waals surface area contributed by atoms with Gasteiger partial charge in [-0.1, -0.05) is 18.2 Å². The molecule has 0 aliphatic carbocycles. The van der Waals surface area contributed by atoms with Gasteiger partial charge in [0.2, 0.25) is 0 Å². The number of phosphoric acid groups is 1. The molecule has 0 N–H and O–H groups in total. The number of nitrogens with zero attached hydrogens (tertiary/aromatic N) is 1. The zero-order chi connectivity index (χ0) is 13.4. The van der Waals surface area contributed by atoms with Gasteiger partial charge >= 0.3 is 7.82 Å². The fourth-order valence-electron chi connectivity index (χ4n) is 1.33. The number of nitriles is 1. The summed E-state index contributed by atoms with van der Waals surface area (Å²) in [6, 6.07) is 8.99. The Hall–Kier alpha value is -1.18. The van der Waals surface area contributed by atoms with Crippen LogP contribution in [0.2, 0.25) is 0 Å². The van der Waals surface area contributed by atoms with Crippen LogP contribution in [0, 0.1) is 11.3 Å². The molecule has 0 aromatic heterocycles. The van der Waals surface area contributed by atoms with Crippen molar-refractivity contribution in [3.63, 3.8) is 0 Å². The molecular weight excluding hydrogens is 253 g/mol. The molecule has 5 nitrogen and oxygen atoms in total. The quantitative estimate of drug-likeness (QED) is 0.710. The topological polar surface area (TPSA) is 68.6 Å². The van der Waals surface area contributed by atoms with E-state index in [1.807, 2.05) is 6.07 Å². The molecule has 0 aliphatic heterocycles. The molecule has 0 atom stereocenters. The van der Waals surface area contributed by atoms with Gasteiger partial charge in [-0.05, 0) is 25.5 Å². The fraction of sp³-hybridized carbons (Fsp3) is 0.417. The van der Waals surface area contributed by atoms with E-state index in [0.717, 1.165) is 0 Å². The van der Waals surface area contributed by atoms with Gasteiger partial charge in [0.25, 0.3) is 0 Å². The van der Waals surface area contributed by atoms with E-state index < -0.39 is 7.82 Å². The van der Waals surface area contributed by atoms with Crippen LogP contribution in [0.15, 0.2) is 24.3 Å². The SMILES string of the molecule is CCOP(=O)(OCC)OCc1ccccc1C#N. The van der Waals surface area contributed by atoms with Gasteiger partial charge in [-0.2, -0.15) is 5.26 Å². The molecule has 0 saturated heterocycles. The molecule has 0 radical (unpaired) electrons. The van der Waals surface area contributed by atoms with Crippen LogP contribution in [-0.4, -0.2) is 13.2 Å². The lowest BCUT2D eigenvalue weighted by Gasteiger charge is -2.16. The van der Waals surface area contributed by atoms with Crippen molar-refractivity contribution in [3.05, 3.63) is 35.4 Å². The Morgan fingerprint density at radius 2 is 1.78 bits per heavy atom. The summed E-state index contributed by atoms with van der Waals surface area (Å²) >= 11 is 0. The first kappa shape index (κ1) is 14.9. The second kappa shape index (κ2) is 7.30. The highest BCUT2D eigenvalue weighted by Gasteiger charge is 2.25. The number of phosphoric ester groups is 1. The lowest BCUT2D eigenvalue weighted by Crippen LogP contribution is -2.01. The Labute approximate surface area is 107 Å². The highest BCUT2D eigenvalue weighted by atomic mass is 31.2. The van der Waals surface area contributed by atoms with E-state index in [2.05, 4.69) is 0 Å². The molecule has 0 heterocycles. The number of rotatable bonds is 7. The highest BCUT2D eigenvalue weighted by molar-refractivity contribution is 7.48. The number of hydrogen-bond acceptors (Lipinski definition) is 5. The Morgan fingerprint density at radius 3 is 2.33 bits per heavy atom. The van der Waals surface area contributed by atoms with Crippen molar-refractivity contribution in [2.45, 2.75) is 20.5 Å². The normalized spacial score (nSPS) is 11.2. The number of hydrogen-bond donors (Lipinski definition) is 0. The van der Waals surface area contributed by atoms with E-state index in [1.165, 1.54) is 0 Å². The van der Waals surface area contributed by atoms with Gasteiger partial charge in [0.15, 0.2) is 0 Å². The van der Waals surface area contributed by atoms with Gasteiger partial charge in [-0.3, -0.25) is 13.6 Å². The van der Waals surface area contributed by atoms with E-state index in [1.54, 1.807) is 38.1 Å². The summed E-state index contributed by atoms with van der Waals surface area (Å²) in [6.45, 7) is 3.89. The summed E-state index contributed by atoms with van der Waals surface area (Å²) < 4.78 is 27.2. The lowest BCUT2D eigenvalue weighted by atomic mass is 10.1. The third-order valence-corrected chi connectivity index (χ3v) is 3.68.